The molecule has 73 heavy (non-hydrogen) atoms. The number of hydrogen-bond acceptors (Lipinski definition) is 3. The summed E-state index contributed by atoms with van der Waals surface area (Å²) in [4.78, 5) is 4.51. The predicted octanol–water partition coefficient (Wildman–Crippen LogP) is 17.0. The summed E-state index contributed by atoms with van der Waals surface area (Å²) in [6.45, 7) is 13.3. The van der Waals surface area contributed by atoms with Crippen LogP contribution in [0.1, 0.15) is 63.6 Å². The lowest BCUT2D eigenvalue weighted by Gasteiger charge is -2.43. The van der Waals surface area contributed by atoms with E-state index >= 15 is 0 Å². The Morgan fingerprint density at radius 3 is 1.85 bits per heavy atom. The lowest BCUT2D eigenvalue weighted by atomic mass is 9.34. The van der Waals surface area contributed by atoms with Crippen molar-refractivity contribution in [3.8, 4) is 39.1 Å². The highest BCUT2D eigenvalue weighted by Gasteiger charge is 2.43. The van der Waals surface area contributed by atoms with Gasteiger partial charge >= 0.3 is 0 Å². The van der Waals surface area contributed by atoms with Crippen LogP contribution < -0.4 is 21.3 Å². The molecule has 0 atom stereocenters. The van der Waals surface area contributed by atoms with E-state index in [9.17, 15) is 2.74 Å². The van der Waals surface area contributed by atoms with E-state index in [1.54, 1.807) is 16.3 Å². The predicted molar refractivity (Wildman–Crippen MR) is 312 cm³/mol. The van der Waals surface area contributed by atoms with E-state index in [4.69, 9.17) is 12.6 Å². The molecule has 2 aromatic heterocycles. The van der Waals surface area contributed by atoms with Crippen molar-refractivity contribution < 1.29 is 15.4 Å². The second-order valence-electron chi connectivity index (χ2n) is 21.5. The number of fused-ring (bicyclic) bond motifs is 10. The molecule has 0 unspecified atom stereocenters. The molecule has 4 heterocycles. The van der Waals surface area contributed by atoms with E-state index in [0.717, 1.165) is 104 Å². The van der Waals surface area contributed by atoms with Gasteiger partial charge in [0.15, 0.2) is 0 Å². The van der Waals surface area contributed by atoms with Crippen LogP contribution in [0.5, 0.6) is 0 Å². The molecule has 0 radical (unpaired) electrons. The molecule has 10 aromatic carbocycles. The Morgan fingerprint density at radius 1 is 0.479 bits per heavy atom. The standard InChI is InChI=1S/C68H53BN2OS/c1-67(2,3)45-37-53(43-22-11-8-12-23-43)65(54(38-45)52-28-19-27-51-50-26-15-18-31-61(50)72-66(51)52)71-59-35-32-44(42-20-9-7-10-21-42)36-56(59)69-55-34-33-47(70-57-29-16-13-24-48(57)49-25-14-17-30-58(49)70)41-62(55)73-63-40-46(68(4,5)6)39-60(71)64(63)69/h7-41H,1-6H3/i13D,14D,16D,17D,24D,25D,29D,30D. The number of hydrogen-bond donors (Lipinski definition) is 0. The van der Waals surface area contributed by atoms with Crippen LogP contribution in [0.25, 0.3) is 82.8 Å². The molecule has 350 valence electrons. The lowest BCUT2D eigenvalue weighted by Crippen LogP contribution is -2.60. The summed E-state index contributed by atoms with van der Waals surface area (Å²) in [7, 11) is 0. The molecule has 0 spiro atoms. The van der Waals surface area contributed by atoms with E-state index in [1.807, 2.05) is 30.3 Å². The second-order valence-corrected chi connectivity index (χ2v) is 22.6. The van der Waals surface area contributed by atoms with E-state index in [1.165, 1.54) is 5.56 Å². The summed E-state index contributed by atoms with van der Waals surface area (Å²) < 4.78 is 80.5. The van der Waals surface area contributed by atoms with Gasteiger partial charge in [0.05, 0.1) is 27.7 Å². The highest BCUT2D eigenvalue weighted by atomic mass is 32.2. The average Bonchev–Trinajstić information content (AvgIpc) is 3.77. The first-order valence-electron chi connectivity index (χ1n) is 29.0. The van der Waals surface area contributed by atoms with Crippen LogP contribution in [0.15, 0.2) is 226 Å². The fourth-order valence-corrected chi connectivity index (χ4v) is 12.6. The molecule has 0 saturated heterocycles. The number of rotatable bonds is 5. The van der Waals surface area contributed by atoms with Crippen molar-refractivity contribution in [3.05, 3.63) is 223 Å². The molecular weight excluding hydrogens is 904 g/mol. The number of anilines is 3. The summed E-state index contributed by atoms with van der Waals surface area (Å²) >= 11 is 1.65. The van der Waals surface area contributed by atoms with Crippen LogP contribution in [0.2, 0.25) is 0 Å². The fourth-order valence-electron chi connectivity index (χ4n) is 11.4. The van der Waals surface area contributed by atoms with Crippen molar-refractivity contribution in [1.29, 1.82) is 0 Å². The zero-order valence-electron chi connectivity index (χ0n) is 49.4. The fraction of sp³-hybridized carbons (Fsp3) is 0.118. The molecule has 14 rings (SSSR count). The van der Waals surface area contributed by atoms with E-state index in [2.05, 4.69) is 180 Å². The van der Waals surface area contributed by atoms with Gasteiger partial charge in [0.2, 0.25) is 6.71 Å². The summed E-state index contributed by atoms with van der Waals surface area (Å²) in [5.74, 6) is 0. The molecule has 2 aliphatic heterocycles. The summed E-state index contributed by atoms with van der Waals surface area (Å²) in [5, 5.41) is 2.20. The Balaban J connectivity index is 1.10. The largest absolute Gasteiger partial charge is 0.455 e. The van der Waals surface area contributed by atoms with Crippen molar-refractivity contribution in [1.82, 2.24) is 4.57 Å². The third kappa shape index (κ3) is 6.89. The molecule has 0 fully saturated rings. The van der Waals surface area contributed by atoms with E-state index in [-0.39, 0.29) is 63.5 Å². The van der Waals surface area contributed by atoms with Gasteiger partial charge in [-0.3, -0.25) is 0 Å². The molecule has 0 aliphatic carbocycles. The molecule has 0 saturated carbocycles. The van der Waals surface area contributed by atoms with Crippen LogP contribution in [0.3, 0.4) is 0 Å². The Bertz CT molecular complexity index is 4620. The maximum absolute atomic E-state index is 9.32. The SMILES string of the molecule is [2H]c1c([2H])c([2H])c2c(c1[2H])c1c([2H])c([2H])c([2H])c([2H])c1n2-c1ccc2c(c1)Sc1cc(C(C)(C)C)cc3c1B2c1cc(-c2ccccc2)ccc1N3c1c(-c2ccccc2)cc(C(C)(C)C)cc1-c1cccc2c1oc1ccccc12. The molecule has 0 N–H and O–H groups in total. The highest BCUT2D eigenvalue weighted by Crippen LogP contribution is 2.53. The Hall–Kier alpha value is -7.99. The maximum Gasteiger partial charge on any atom is 0.249 e. The number of nitrogens with zero attached hydrogens (tertiary/aromatic N) is 2. The first-order valence-corrected chi connectivity index (χ1v) is 25.8. The summed E-state index contributed by atoms with van der Waals surface area (Å²) in [5.41, 5.74) is 16.8. The van der Waals surface area contributed by atoms with E-state index < -0.39 is 24.2 Å². The van der Waals surface area contributed by atoms with Crippen molar-refractivity contribution in [3.63, 3.8) is 0 Å². The van der Waals surface area contributed by atoms with Gasteiger partial charge in [0.25, 0.3) is 0 Å². The van der Waals surface area contributed by atoms with Gasteiger partial charge in [-0.15, -0.1) is 0 Å². The van der Waals surface area contributed by atoms with Gasteiger partial charge in [-0.05, 0) is 110 Å². The van der Waals surface area contributed by atoms with Crippen molar-refractivity contribution in [2.24, 2.45) is 0 Å². The minimum absolute atomic E-state index is 0.0502. The van der Waals surface area contributed by atoms with E-state index in [0.29, 0.717) is 5.69 Å². The second kappa shape index (κ2) is 16.3. The first kappa shape index (κ1) is 36.0. The number of aromatic nitrogens is 1. The molecular formula is C68H53BN2OS. The highest BCUT2D eigenvalue weighted by molar-refractivity contribution is 8.00. The summed E-state index contributed by atoms with van der Waals surface area (Å²) in [6.07, 6.45) is 0. The number of para-hydroxylation sites is 4. The van der Waals surface area contributed by atoms with Crippen LogP contribution in [-0.4, -0.2) is 11.3 Å². The van der Waals surface area contributed by atoms with Gasteiger partial charge in [0.1, 0.15) is 11.2 Å². The quantitative estimate of drug-likeness (QED) is 0.160. The molecule has 0 bridgehead atoms. The van der Waals surface area contributed by atoms with Crippen LogP contribution in [-0.2, 0) is 10.8 Å². The Kier molecular flexibility index (Phi) is 8.02. The lowest BCUT2D eigenvalue weighted by molar-refractivity contribution is 0.589. The number of benzene rings is 10. The topological polar surface area (TPSA) is 21.3 Å². The van der Waals surface area contributed by atoms with Crippen LogP contribution in [0.4, 0.5) is 17.1 Å². The zero-order chi connectivity index (χ0) is 56.3. The molecule has 12 aromatic rings. The van der Waals surface area contributed by atoms with Gasteiger partial charge in [-0.2, -0.15) is 0 Å². The zero-order valence-corrected chi connectivity index (χ0v) is 42.2. The van der Waals surface area contributed by atoms with Crippen molar-refractivity contribution in [2.75, 3.05) is 4.90 Å². The molecule has 5 heteroatoms. The van der Waals surface area contributed by atoms with Crippen LogP contribution >= 0.6 is 11.8 Å². The molecule has 2 aliphatic rings. The monoisotopic (exact) mass is 964 g/mol. The van der Waals surface area contributed by atoms with Gasteiger partial charge < -0.3 is 13.9 Å². The molecule has 3 nitrogen and oxygen atoms in total. The van der Waals surface area contributed by atoms with Crippen molar-refractivity contribution >= 4 is 95.7 Å². The number of furan rings is 1. The van der Waals surface area contributed by atoms with Crippen LogP contribution in [0, 0.1) is 0 Å². The smallest absolute Gasteiger partial charge is 0.249 e. The van der Waals surface area contributed by atoms with Gasteiger partial charge in [-0.1, -0.05) is 210 Å². The molecule has 0 amide bonds. The third-order valence-electron chi connectivity index (χ3n) is 15.0. The normalized spacial score (nSPS) is 14.8. The van der Waals surface area contributed by atoms with Crippen molar-refractivity contribution in [2.45, 2.75) is 62.2 Å². The Morgan fingerprint density at radius 2 is 1.12 bits per heavy atom. The minimum Gasteiger partial charge on any atom is -0.455 e. The Labute approximate surface area is 443 Å². The maximum atomic E-state index is 9.32. The third-order valence-corrected chi connectivity index (χ3v) is 16.1. The average molecular weight is 965 g/mol. The summed E-state index contributed by atoms with van der Waals surface area (Å²) in [6, 6.07) is 55.2. The van der Waals surface area contributed by atoms with Gasteiger partial charge in [-0.25, -0.2) is 0 Å². The van der Waals surface area contributed by atoms with Gasteiger partial charge in [0, 0.05) is 65.1 Å². The first-order chi connectivity index (χ1) is 38.8. The minimum atomic E-state index is -0.471.